The van der Waals surface area contributed by atoms with E-state index in [0.29, 0.717) is 31.0 Å². The number of hydrogen-bond donors (Lipinski definition) is 2. The molecule has 0 spiro atoms. The molecule has 0 bridgehead atoms. The van der Waals surface area contributed by atoms with Crippen LogP contribution >= 0.6 is 0 Å². The Balaban J connectivity index is 2.02. The van der Waals surface area contributed by atoms with Crippen molar-refractivity contribution < 1.29 is 24.5 Å². The lowest BCUT2D eigenvalue weighted by molar-refractivity contribution is -0.143. The number of carbonyl (C=O) groups is 1. The fourth-order valence-corrected chi connectivity index (χ4v) is 2.83. The van der Waals surface area contributed by atoms with Gasteiger partial charge in [-0.2, -0.15) is 0 Å². The fourth-order valence-electron chi connectivity index (χ4n) is 2.83. The van der Waals surface area contributed by atoms with Crippen LogP contribution in [0.25, 0.3) is 0 Å². The Morgan fingerprint density at radius 1 is 1.36 bits per heavy atom. The number of β-amino-alcohol motifs (C(OH)–C–C–N with tert-alkyl or cyclic N) is 1. The number of aliphatic hydroxyl groups excluding tert-OH is 1. The monoisotopic (exact) mass is 309 g/mol. The third-order valence-corrected chi connectivity index (χ3v) is 4.08. The van der Waals surface area contributed by atoms with Gasteiger partial charge in [0.2, 0.25) is 0 Å². The van der Waals surface area contributed by atoms with E-state index in [0.717, 1.165) is 18.5 Å². The van der Waals surface area contributed by atoms with Crippen LogP contribution in [-0.4, -0.2) is 54.9 Å². The van der Waals surface area contributed by atoms with Crippen molar-refractivity contribution in [2.24, 2.45) is 5.92 Å². The summed E-state index contributed by atoms with van der Waals surface area (Å²) in [5.41, 5.74) is 0.732. The summed E-state index contributed by atoms with van der Waals surface area (Å²) >= 11 is 0. The Bertz CT molecular complexity index is 519. The van der Waals surface area contributed by atoms with E-state index in [4.69, 9.17) is 14.6 Å². The quantitative estimate of drug-likeness (QED) is 0.830. The summed E-state index contributed by atoms with van der Waals surface area (Å²) < 4.78 is 10.4. The van der Waals surface area contributed by atoms with Crippen LogP contribution in [0.2, 0.25) is 0 Å². The van der Waals surface area contributed by atoms with Crippen molar-refractivity contribution >= 4 is 5.97 Å². The van der Waals surface area contributed by atoms with Crippen molar-refractivity contribution in [2.45, 2.75) is 18.9 Å². The number of likely N-dealkylation sites (tertiary alicyclic amines) is 1. The number of carboxylic acids is 1. The second-order valence-corrected chi connectivity index (χ2v) is 5.57. The summed E-state index contributed by atoms with van der Waals surface area (Å²) in [5, 5.41) is 19.5. The Labute approximate surface area is 130 Å². The summed E-state index contributed by atoms with van der Waals surface area (Å²) in [5.74, 6) is 0.0835. The van der Waals surface area contributed by atoms with Crippen molar-refractivity contribution in [1.82, 2.24) is 4.90 Å². The van der Waals surface area contributed by atoms with Crippen molar-refractivity contribution in [1.29, 1.82) is 0 Å². The third kappa shape index (κ3) is 3.90. The molecule has 22 heavy (non-hydrogen) atoms. The van der Waals surface area contributed by atoms with Crippen LogP contribution in [0.3, 0.4) is 0 Å². The summed E-state index contributed by atoms with van der Waals surface area (Å²) in [6, 6.07) is 5.31. The number of ether oxygens (including phenoxy) is 2. The van der Waals surface area contributed by atoms with Gasteiger partial charge >= 0.3 is 5.97 Å². The molecule has 0 saturated carbocycles. The van der Waals surface area contributed by atoms with E-state index in [1.54, 1.807) is 32.4 Å². The standard InChI is InChI=1S/C16H23NO5/c1-21-14-6-5-11(8-15(14)22-2)13(18)10-17-7-3-4-12(9-17)16(19)20/h5-6,8,12-13,18H,3-4,7,9-10H2,1-2H3,(H,19,20). The number of rotatable bonds is 6. The first-order valence-electron chi connectivity index (χ1n) is 7.40. The first kappa shape index (κ1) is 16.6. The van der Waals surface area contributed by atoms with Crippen molar-refractivity contribution in [3.05, 3.63) is 23.8 Å². The van der Waals surface area contributed by atoms with Gasteiger partial charge in [0.25, 0.3) is 0 Å². The Morgan fingerprint density at radius 3 is 2.73 bits per heavy atom. The summed E-state index contributed by atoms with van der Waals surface area (Å²) in [6.07, 6.45) is 0.862. The normalized spacial score (nSPS) is 20.4. The van der Waals surface area contributed by atoms with E-state index in [9.17, 15) is 9.90 Å². The number of nitrogens with zero attached hydrogens (tertiary/aromatic N) is 1. The van der Waals surface area contributed by atoms with Crippen LogP contribution in [0.4, 0.5) is 0 Å². The number of aliphatic carboxylic acids is 1. The largest absolute Gasteiger partial charge is 0.493 e. The minimum Gasteiger partial charge on any atom is -0.493 e. The maximum atomic E-state index is 11.1. The summed E-state index contributed by atoms with van der Waals surface area (Å²) in [4.78, 5) is 13.1. The van der Waals surface area contributed by atoms with Gasteiger partial charge in [-0.25, -0.2) is 0 Å². The molecule has 6 heteroatoms. The third-order valence-electron chi connectivity index (χ3n) is 4.08. The Morgan fingerprint density at radius 2 is 2.09 bits per heavy atom. The van der Waals surface area contributed by atoms with Gasteiger partial charge in [0.1, 0.15) is 0 Å². The molecule has 1 aliphatic heterocycles. The zero-order chi connectivity index (χ0) is 16.1. The fraction of sp³-hybridized carbons (Fsp3) is 0.562. The topological polar surface area (TPSA) is 79.2 Å². The second-order valence-electron chi connectivity index (χ2n) is 5.57. The van der Waals surface area contributed by atoms with Gasteiger partial charge in [0, 0.05) is 13.1 Å². The molecule has 1 aromatic carbocycles. The Hall–Kier alpha value is -1.79. The molecule has 2 rings (SSSR count). The van der Waals surface area contributed by atoms with Gasteiger partial charge in [0.15, 0.2) is 11.5 Å². The first-order valence-corrected chi connectivity index (χ1v) is 7.40. The molecule has 2 N–H and O–H groups in total. The molecule has 1 fully saturated rings. The minimum atomic E-state index is -0.759. The number of benzene rings is 1. The highest BCUT2D eigenvalue weighted by atomic mass is 16.5. The number of aliphatic hydroxyl groups is 1. The van der Waals surface area contributed by atoms with Gasteiger partial charge in [0.05, 0.1) is 26.2 Å². The second kappa shape index (κ2) is 7.47. The molecule has 0 aliphatic carbocycles. The SMILES string of the molecule is COc1ccc(C(O)CN2CCCC(C(=O)O)C2)cc1OC. The molecule has 0 aromatic heterocycles. The lowest BCUT2D eigenvalue weighted by Crippen LogP contribution is -2.40. The number of carboxylic acid groups (broad SMARTS) is 1. The highest BCUT2D eigenvalue weighted by Crippen LogP contribution is 2.30. The molecule has 2 atom stereocenters. The van der Waals surface area contributed by atoms with Gasteiger partial charge in [-0.05, 0) is 37.1 Å². The van der Waals surface area contributed by atoms with Gasteiger partial charge in [-0.3, -0.25) is 9.69 Å². The maximum absolute atomic E-state index is 11.1. The molecule has 1 heterocycles. The van der Waals surface area contributed by atoms with Crippen LogP contribution in [0.1, 0.15) is 24.5 Å². The summed E-state index contributed by atoms with van der Waals surface area (Å²) in [7, 11) is 3.11. The Kier molecular flexibility index (Phi) is 5.63. The zero-order valence-electron chi connectivity index (χ0n) is 13.0. The highest BCUT2D eigenvalue weighted by Gasteiger charge is 2.26. The van der Waals surface area contributed by atoms with Crippen molar-refractivity contribution in [3.63, 3.8) is 0 Å². The van der Waals surface area contributed by atoms with Crippen LogP contribution < -0.4 is 9.47 Å². The number of piperidine rings is 1. The van der Waals surface area contributed by atoms with Crippen molar-refractivity contribution in [2.75, 3.05) is 33.9 Å². The predicted octanol–water partition coefficient (Wildman–Crippen LogP) is 1.53. The zero-order valence-corrected chi connectivity index (χ0v) is 13.0. The molecule has 2 unspecified atom stereocenters. The molecule has 122 valence electrons. The maximum Gasteiger partial charge on any atom is 0.307 e. The summed E-state index contributed by atoms with van der Waals surface area (Å²) in [6.45, 7) is 1.72. The number of hydrogen-bond acceptors (Lipinski definition) is 5. The average molecular weight is 309 g/mol. The lowest BCUT2D eigenvalue weighted by atomic mass is 9.97. The molecule has 0 radical (unpaired) electrons. The van der Waals surface area contributed by atoms with E-state index in [-0.39, 0.29) is 5.92 Å². The van der Waals surface area contributed by atoms with E-state index < -0.39 is 12.1 Å². The molecule has 1 saturated heterocycles. The highest BCUT2D eigenvalue weighted by molar-refractivity contribution is 5.70. The van der Waals surface area contributed by atoms with Crippen LogP contribution in [0.5, 0.6) is 11.5 Å². The lowest BCUT2D eigenvalue weighted by Gasteiger charge is -2.32. The first-order chi connectivity index (χ1) is 10.5. The molecular weight excluding hydrogens is 286 g/mol. The molecule has 1 aromatic rings. The van der Waals surface area contributed by atoms with E-state index in [1.807, 2.05) is 4.90 Å². The molecule has 1 aliphatic rings. The molecule has 0 amide bonds. The average Bonchev–Trinajstić information content (AvgIpc) is 2.54. The van der Waals surface area contributed by atoms with Crippen LogP contribution in [0, 0.1) is 5.92 Å². The van der Waals surface area contributed by atoms with Crippen molar-refractivity contribution in [3.8, 4) is 11.5 Å². The smallest absolute Gasteiger partial charge is 0.307 e. The predicted molar refractivity (Wildman–Crippen MR) is 81.3 cm³/mol. The van der Waals surface area contributed by atoms with Gasteiger partial charge in [-0.15, -0.1) is 0 Å². The van der Waals surface area contributed by atoms with Gasteiger partial charge < -0.3 is 19.7 Å². The molecular formula is C16H23NO5. The number of methoxy groups -OCH3 is 2. The van der Waals surface area contributed by atoms with E-state index in [1.165, 1.54) is 0 Å². The molecule has 6 nitrogen and oxygen atoms in total. The van der Waals surface area contributed by atoms with Gasteiger partial charge in [-0.1, -0.05) is 6.07 Å². The van der Waals surface area contributed by atoms with Crippen LogP contribution in [0.15, 0.2) is 18.2 Å². The minimum absolute atomic E-state index is 0.341. The van der Waals surface area contributed by atoms with E-state index in [2.05, 4.69) is 0 Å². The van der Waals surface area contributed by atoms with E-state index >= 15 is 0 Å². The van der Waals surface area contributed by atoms with Crippen LogP contribution in [-0.2, 0) is 4.79 Å².